The Morgan fingerprint density at radius 2 is 1.63 bits per heavy atom. The summed E-state index contributed by atoms with van der Waals surface area (Å²) in [6.45, 7) is 0. The van der Waals surface area contributed by atoms with Crippen molar-refractivity contribution in [1.29, 1.82) is 0 Å². The molecule has 0 radical (unpaired) electrons. The van der Waals surface area contributed by atoms with E-state index in [-0.39, 0.29) is 16.8 Å². The van der Waals surface area contributed by atoms with E-state index in [4.69, 9.17) is 4.52 Å². The fraction of sp³-hybridized carbons (Fsp3) is 0.300. The molecule has 4 rings (SSSR count). The average molecular weight is 383 g/mol. The van der Waals surface area contributed by atoms with E-state index in [2.05, 4.69) is 14.9 Å². The minimum Gasteiger partial charge on any atom is -0.334 e. The second-order valence-electron chi connectivity index (χ2n) is 6.74. The van der Waals surface area contributed by atoms with E-state index in [1.807, 2.05) is 30.3 Å². The largest absolute Gasteiger partial charge is 0.334 e. The second kappa shape index (κ2) is 7.62. The summed E-state index contributed by atoms with van der Waals surface area (Å²) in [5.74, 6) is 0.622. The molecule has 0 bridgehead atoms. The molecule has 1 heterocycles. The van der Waals surface area contributed by atoms with Crippen LogP contribution in [0, 0.1) is 0 Å². The molecule has 0 atom stereocenters. The molecule has 0 saturated heterocycles. The molecule has 1 aliphatic carbocycles. The van der Waals surface area contributed by atoms with Gasteiger partial charge in [0, 0.05) is 11.6 Å². The van der Waals surface area contributed by atoms with Crippen molar-refractivity contribution in [2.24, 2.45) is 0 Å². The Labute approximate surface area is 158 Å². The van der Waals surface area contributed by atoms with Gasteiger partial charge in [0.05, 0.1) is 10.5 Å². The minimum atomic E-state index is -3.67. The molecule has 3 aromatic rings. The molecule has 7 heteroatoms. The quantitative estimate of drug-likeness (QED) is 0.719. The predicted molar refractivity (Wildman–Crippen MR) is 102 cm³/mol. The van der Waals surface area contributed by atoms with E-state index in [9.17, 15) is 8.42 Å². The van der Waals surface area contributed by atoms with Crippen LogP contribution in [-0.4, -0.2) is 24.6 Å². The van der Waals surface area contributed by atoms with E-state index in [1.165, 1.54) is 6.42 Å². The molecule has 0 unspecified atom stereocenters. The van der Waals surface area contributed by atoms with Gasteiger partial charge in [0.2, 0.25) is 15.8 Å². The van der Waals surface area contributed by atoms with Gasteiger partial charge in [-0.05, 0) is 25.0 Å². The molecule has 140 valence electrons. The lowest BCUT2D eigenvalue weighted by atomic mass is 9.96. The molecular formula is C20H21N3O3S. The zero-order valence-corrected chi connectivity index (χ0v) is 15.7. The van der Waals surface area contributed by atoms with Crippen LogP contribution < -0.4 is 4.72 Å². The smallest absolute Gasteiger partial charge is 0.259 e. The van der Waals surface area contributed by atoms with Crippen LogP contribution in [-0.2, 0) is 10.0 Å². The van der Waals surface area contributed by atoms with Crippen molar-refractivity contribution < 1.29 is 12.9 Å². The number of benzene rings is 2. The number of nitrogens with one attached hydrogen (secondary N) is 1. The van der Waals surface area contributed by atoms with Crippen LogP contribution in [0.3, 0.4) is 0 Å². The second-order valence-corrected chi connectivity index (χ2v) is 8.42. The lowest BCUT2D eigenvalue weighted by Crippen LogP contribution is -2.36. The van der Waals surface area contributed by atoms with E-state index >= 15 is 0 Å². The van der Waals surface area contributed by atoms with E-state index in [0.29, 0.717) is 11.4 Å². The van der Waals surface area contributed by atoms with Gasteiger partial charge < -0.3 is 4.52 Å². The standard InChI is InChI=1S/C20H21N3O3S/c24-27(25,23-16-11-5-2-6-12-16)18-14-8-7-13-17(18)20-21-19(22-26-20)15-9-3-1-4-10-15/h1,3-4,7-10,13-14,16,23H,2,5-6,11-12H2. The first-order valence-electron chi connectivity index (χ1n) is 9.14. The SMILES string of the molecule is O=S(=O)(NC1CCCCC1)c1ccccc1-c1nc(-c2ccccc2)no1. The lowest BCUT2D eigenvalue weighted by molar-refractivity contribution is 0.411. The van der Waals surface area contributed by atoms with Crippen molar-refractivity contribution >= 4 is 10.0 Å². The van der Waals surface area contributed by atoms with Crippen molar-refractivity contribution in [3.63, 3.8) is 0 Å². The molecule has 1 fully saturated rings. The van der Waals surface area contributed by atoms with Gasteiger partial charge in [0.25, 0.3) is 5.89 Å². The maximum Gasteiger partial charge on any atom is 0.259 e. The Balaban J connectivity index is 1.66. The van der Waals surface area contributed by atoms with E-state index in [0.717, 1.165) is 31.2 Å². The third kappa shape index (κ3) is 3.94. The third-order valence-corrected chi connectivity index (χ3v) is 6.37. The zero-order chi connectivity index (χ0) is 18.7. The van der Waals surface area contributed by atoms with Crippen molar-refractivity contribution in [2.75, 3.05) is 0 Å². The van der Waals surface area contributed by atoms with Gasteiger partial charge in [-0.3, -0.25) is 0 Å². The summed E-state index contributed by atoms with van der Waals surface area (Å²) >= 11 is 0. The Bertz CT molecular complexity index is 1010. The van der Waals surface area contributed by atoms with Crippen LogP contribution in [0.1, 0.15) is 32.1 Å². The Hall–Kier alpha value is -2.51. The lowest BCUT2D eigenvalue weighted by Gasteiger charge is -2.23. The van der Waals surface area contributed by atoms with Gasteiger partial charge in [0.15, 0.2) is 0 Å². The molecule has 2 aromatic carbocycles. The van der Waals surface area contributed by atoms with Gasteiger partial charge in [0.1, 0.15) is 0 Å². The van der Waals surface area contributed by atoms with Crippen LogP contribution in [0.15, 0.2) is 64.0 Å². The van der Waals surface area contributed by atoms with Crippen LogP contribution in [0.25, 0.3) is 22.8 Å². The summed E-state index contributed by atoms with van der Waals surface area (Å²) in [6, 6.07) is 16.2. The number of nitrogens with zero attached hydrogens (tertiary/aromatic N) is 2. The molecule has 0 spiro atoms. The predicted octanol–water partition coefficient (Wildman–Crippen LogP) is 4.01. The van der Waals surface area contributed by atoms with Crippen LogP contribution in [0.5, 0.6) is 0 Å². The third-order valence-electron chi connectivity index (χ3n) is 4.79. The summed E-state index contributed by atoms with van der Waals surface area (Å²) < 4.78 is 34.2. The fourth-order valence-corrected chi connectivity index (χ4v) is 4.92. The topological polar surface area (TPSA) is 85.1 Å². The Kier molecular flexibility index (Phi) is 5.05. The highest BCUT2D eigenvalue weighted by Crippen LogP contribution is 2.29. The van der Waals surface area contributed by atoms with Gasteiger partial charge in [-0.2, -0.15) is 4.98 Å². The molecule has 1 aliphatic rings. The summed E-state index contributed by atoms with van der Waals surface area (Å²) in [7, 11) is -3.67. The van der Waals surface area contributed by atoms with E-state index < -0.39 is 10.0 Å². The minimum absolute atomic E-state index is 0.0145. The number of sulfonamides is 1. The number of hydrogen-bond acceptors (Lipinski definition) is 5. The Morgan fingerprint density at radius 1 is 0.926 bits per heavy atom. The molecule has 1 saturated carbocycles. The molecule has 6 nitrogen and oxygen atoms in total. The van der Waals surface area contributed by atoms with Gasteiger partial charge in [-0.25, -0.2) is 13.1 Å². The average Bonchev–Trinajstić information content (AvgIpc) is 3.19. The fourth-order valence-electron chi connectivity index (χ4n) is 3.42. The molecule has 0 amide bonds. The number of rotatable bonds is 5. The molecule has 1 N–H and O–H groups in total. The zero-order valence-electron chi connectivity index (χ0n) is 14.8. The summed E-state index contributed by atoms with van der Waals surface area (Å²) in [4.78, 5) is 4.57. The first-order chi connectivity index (χ1) is 13.1. The highest BCUT2D eigenvalue weighted by atomic mass is 32.2. The number of hydrogen-bond donors (Lipinski definition) is 1. The molecule has 0 aliphatic heterocycles. The van der Waals surface area contributed by atoms with Gasteiger partial charge >= 0.3 is 0 Å². The number of aromatic nitrogens is 2. The Morgan fingerprint density at radius 3 is 2.41 bits per heavy atom. The highest BCUT2D eigenvalue weighted by Gasteiger charge is 2.26. The first-order valence-corrected chi connectivity index (χ1v) is 10.6. The maximum atomic E-state index is 13.0. The highest BCUT2D eigenvalue weighted by molar-refractivity contribution is 7.89. The van der Waals surface area contributed by atoms with Crippen molar-refractivity contribution in [1.82, 2.24) is 14.9 Å². The summed E-state index contributed by atoms with van der Waals surface area (Å²) in [6.07, 6.45) is 5.02. The molecular weight excluding hydrogens is 362 g/mol. The normalized spacial score (nSPS) is 15.7. The van der Waals surface area contributed by atoms with Gasteiger partial charge in [-0.15, -0.1) is 0 Å². The van der Waals surface area contributed by atoms with Gasteiger partial charge in [-0.1, -0.05) is 66.9 Å². The van der Waals surface area contributed by atoms with Crippen LogP contribution in [0.2, 0.25) is 0 Å². The molecule has 27 heavy (non-hydrogen) atoms. The van der Waals surface area contributed by atoms with E-state index in [1.54, 1.807) is 24.3 Å². The first kappa shape index (κ1) is 17.9. The maximum absolute atomic E-state index is 13.0. The van der Waals surface area contributed by atoms with Crippen LogP contribution in [0.4, 0.5) is 0 Å². The van der Waals surface area contributed by atoms with Crippen molar-refractivity contribution in [2.45, 2.75) is 43.0 Å². The van der Waals surface area contributed by atoms with Crippen molar-refractivity contribution in [3.05, 3.63) is 54.6 Å². The molecule has 1 aromatic heterocycles. The van der Waals surface area contributed by atoms with Crippen molar-refractivity contribution in [3.8, 4) is 22.8 Å². The monoisotopic (exact) mass is 383 g/mol. The summed E-state index contributed by atoms with van der Waals surface area (Å²) in [5, 5.41) is 4.00. The van der Waals surface area contributed by atoms with Crippen LogP contribution >= 0.6 is 0 Å². The summed E-state index contributed by atoms with van der Waals surface area (Å²) in [5.41, 5.74) is 1.23.